The van der Waals surface area contributed by atoms with Crippen LogP contribution in [0.2, 0.25) is 0 Å². The maximum atomic E-state index is 12.0. The molecular weight excluding hydrogens is 272 g/mol. The topological polar surface area (TPSA) is 51.2 Å². The van der Waals surface area contributed by atoms with Crippen molar-refractivity contribution in [3.05, 3.63) is 40.9 Å². The third kappa shape index (κ3) is 3.81. The molecule has 1 amide bonds. The first-order valence-corrected chi connectivity index (χ1v) is 7.39. The summed E-state index contributed by atoms with van der Waals surface area (Å²) in [5.74, 6) is 0.499. The van der Waals surface area contributed by atoms with E-state index in [1.165, 1.54) is 16.9 Å². The Labute approximate surface area is 122 Å². The van der Waals surface area contributed by atoms with Crippen LogP contribution in [-0.2, 0) is 11.2 Å². The number of benzene rings is 1. The fraction of sp³-hybridized carbons (Fsp3) is 0.333. The number of rotatable bonds is 5. The molecule has 0 aliphatic rings. The van der Waals surface area contributed by atoms with Gasteiger partial charge < -0.3 is 4.74 Å². The molecule has 1 atom stereocenters. The number of nitrogens with zero attached hydrogens (tertiary/aromatic N) is 1. The molecule has 0 bridgehead atoms. The zero-order chi connectivity index (χ0) is 14.5. The van der Waals surface area contributed by atoms with Gasteiger partial charge >= 0.3 is 0 Å². The Hall–Kier alpha value is -1.88. The van der Waals surface area contributed by atoms with Gasteiger partial charge in [-0.1, -0.05) is 19.1 Å². The van der Waals surface area contributed by atoms with E-state index in [0.717, 1.165) is 11.3 Å². The molecule has 5 heteroatoms. The Morgan fingerprint density at radius 1 is 1.40 bits per heavy atom. The first-order valence-electron chi connectivity index (χ1n) is 6.57. The summed E-state index contributed by atoms with van der Waals surface area (Å²) in [6.07, 6.45) is 2.15. The summed E-state index contributed by atoms with van der Waals surface area (Å²) in [5.41, 5.74) is 1.24. The predicted molar refractivity (Wildman–Crippen MR) is 81.4 cm³/mol. The summed E-state index contributed by atoms with van der Waals surface area (Å²) in [7, 11) is 0. The Morgan fingerprint density at radius 2 is 2.10 bits per heavy atom. The van der Waals surface area contributed by atoms with Crippen LogP contribution < -0.4 is 10.1 Å². The lowest BCUT2D eigenvalue weighted by Gasteiger charge is -2.13. The summed E-state index contributed by atoms with van der Waals surface area (Å²) in [6.45, 7) is 5.77. The number of carbonyl (C=O) groups excluding carboxylic acids is 1. The van der Waals surface area contributed by atoms with Gasteiger partial charge in [-0.05, 0) is 38.0 Å². The van der Waals surface area contributed by atoms with Crippen molar-refractivity contribution in [1.82, 2.24) is 4.98 Å². The molecule has 0 spiro atoms. The third-order valence-corrected chi connectivity index (χ3v) is 3.69. The molecule has 2 aromatic rings. The number of aromatic nitrogens is 1. The number of hydrogen-bond acceptors (Lipinski definition) is 4. The van der Waals surface area contributed by atoms with E-state index in [4.69, 9.17) is 4.74 Å². The van der Waals surface area contributed by atoms with Crippen LogP contribution in [0, 0.1) is 6.92 Å². The van der Waals surface area contributed by atoms with Gasteiger partial charge in [0.05, 0.1) is 0 Å². The SMILES string of the molecule is CCc1ccc(O[C@@H](C)C(=O)Nc2ncc(C)s2)cc1. The van der Waals surface area contributed by atoms with Crippen LogP contribution in [0.5, 0.6) is 5.75 Å². The molecule has 0 aliphatic heterocycles. The average Bonchev–Trinajstić information content (AvgIpc) is 2.85. The number of aryl methyl sites for hydroxylation is 2. The molecule has 20 heavy (non-hydrogen) atoms. The molecule has 1 aromatic heterocycles. The van der Waals surface area contributed by atoms with E-state index >= 15 is 0 Å². The van der Waals surface area contributed by atoms with Crippen LogP contribution in [0.3, 0.4) is 0 Å². The number of ether oxygens (including phenoxy) is 1. The first-order chi connectivity index (χ1) is 9.58. The van der Waals surface area contributed by atoms with E-state index in [2.05, 4.69) is 17.2 Å². The second-order valence-electron chi connectivity index (χ2n) is 4.52. The molecule has 1 heterocycles. The van der Waals surface area contributed by atoms with Gasteiger partial charge in [0.15, 0.2) is 11.2 Å². The van der Waals surface area contributed by atoms with Gasteiger partial charge in [0.2, 0.25) is 0 Å². The van der Waals surface area contributed by atoms with Crippen molar-refractivity contribution in [3.63, 3.8) is 0 Å². The van der Waals surface area contributed by atoms with Crippen molar-refractivity contribution >= 4 is 22.4 Å². The van der Waals surface area contributed by atoms with Crippen molar-refractivity contribution < 1.29 is 9.53 Å². The molecule has 0 aliphatic carbocycles. The molecule has 0 saturated heterocycles. The van der Waals surface area contributed by atoms with Crippen LogP contribution in [-0.4, -0.2) is 17.0 Å². The lowest BCUT2D eigenvalue weighted by molar-refractivity contribution is -0.122. The van der Waals surface area contributed by atoms with Crippen LogP contribution in [0.4, 0.5) is 5.13 Å². The number of thiazole rings is 1. The Balaban J connectivity index is 1.92. The standard InChI is InChI=1S/C15H18N2O2S/c1-4-12-5-7-13(8-6-12)19-11(3)14(18)17-15-16-9-10(2)20-15/h5-9,11H,4H2,1-3H3,(H,16,17,18)/t11-/m0/s1. The number of anilines is 1. The summed E-state index contributed by atoms with van der Waals surface area (Å²) in [5, 5.41) is 3.35. The summed E-state index contributed by atoms with van der Waals surface area (Å²) in [4.78, 5) is 17.1. The summed E-state index contributed by atoms with van der Waals surface area (Å²) < 4.78 is 5.62. The molecule has 0 fully saturated rings. The minimum absolute atomic E-state index is 0.195. The Kier molecular flexibility index (Phi) is 4.74. The lowest BCUT2D eigenvalue weighted by atomic mass is 10.2. The van der Waals surface area contributed by atoms with E-state index in [1.54, 1.807) is 13.1 Å². The average molecular weight is 290 g/mol. The first kappa shape index (κ1) is 14.5. The van der Waals surface area contributed by atoms with Crippen LogP contribution in [0.15, 0.2) is 30.5 Å². The van der Waals surface area contributed by atoms with Crippen LogP contribution >= 0.6 is 11.3 Å². The molecule has 4 nitrogen and oxygen atoms in total. The van der Waals surface area contributed by atoms with Crippen LogP contribution in [0.25, 0.3) is 0 Å². The van der Waals surface area contributed by atoms with E-state index in [9.17, 15) is 4.79 Å². The zero-order valence-electron chi connectivity index (χ0n) is 11.8. The zero-order valence-corrected chi connectivity index (χ0v) is 12.7. The molecule has 0 saturated carbocycles. The van der Waals surface area contributed by atoms with Crippen molar-refractivity contribution in [2.75, 3.05) is 5.32 Å². The maximum absolute atomic E-state index is 12.0. The van der Waals surface area contributed by atoms with Gasteiger partial charge in [-0.15, -0.1) is 11.3 Å². The highest BCUT2D eigenvalue weighted by Crippen LogP contribution is 2.18. The second-order valence-corrected chi connectivity index (χ2v) is 5.76. The van der Waals surface area contributed by atoms with Crippen molar-refractivity contribution in [3.8, 4) is 5.75 Å². The Bertz CT molecular complexity index is 578. The van der Waals surface area contributed by atoms with Gasteiger partial charge in [0, 0.05) is 11.1 Å². The molecule has 106 valence electrons. The third-order valence-electron chi connectivity index (χ3n) is 2.87. The molecule has 1 aromatic carbocycles. The van der Waals surface area contributed by atoms with Gasteiger partial charge in [-0.2, -0.15) is 0 Å². The normalized spacial score (nSPS) is 11.9. The largest absolute Gasteiger partial charge is 0.481 e. The fourth-order valence-electron chi connectivity index (χ4n) is 1.68. The highest BCUT2D eigenvalue weighted by Gasteiger charge is 2.16. The lowest BCUT2D eigenvalue weighted by Crippen LogP contribution is -2.30. The van der Waals surface area contributed by atoms with Crippen molar-refractivity contribution in [2.45, 2.75) is 33.3 Å². The highest BCUT2D eigenvalue weighted by atomic mass is 32.1. The van der Waals surface area contributed by atoms with E-state index in [0.29, 0.717) is 10.9 Å². The number of amides is 1. The molecule has 0 radical (unpaired) electrons. The molecular formula is C15H18N2O2S. The number of nitrogens with one attached hydrogen (secondary N) is 1. The van der Waals surface area contributed by atoms with Crippen molar-refractivity contribution in [1.29, 1.82) is 0 Å². The molecule has 1 N–H and O–H groups in total. The predicted octanol–water partition coefficient (Wildman–Crippen LogP) is 3.42. The van der Waals surface area contributed by atoms with Gasteiger partial charge in [0.1, 0.15) is 5.75 Å². The fourth-order valence-corrected chi connectivity index (χ4v) is 2.35. The quantitative estimate of drug-likeness (QED) is 0.918. The molecule has 2 rings (SSSR count). The molecule has 0 unspecified atom stereocenters. The smallest absolute Gasteiger partial charge is 0.266 e. The van der Waals surface area contributed by atoms with E-state index in [1.807, 2.05) is 31.2 Å². The van der Waals surface area contributed by atoms with Crippen LogP contribution in [0.1, 0.15) is 24.3 Å². The second kappa shape index (κ2) is 6.52. The van der Waals surface area contributed by atoms with Crippen molar-refractivity contribution in [2.24, 2.45) is 0 Å². The van der Waals surface area contributed by atoms with Gasteiger partial charge in [-0.25, -0.2) is 4.98 Å². The monoisotopic (exact) mass is 290 g/mol. The highest BCUT2D eigenvalue weighted by molar-refractivity contribution is 7.15. The van der Waals surface area contributed by atoms with E-state index in [-0.39, 0.29) is 5.91 Å². The van der Waals surface area contributed by atoms with Gasteiger partial charge in [-0.3, -0.25) is 10.1 Å². The number of carbonyl (C=O) groups is 1. The van der Waals surface area contributed by atoms with Gasteiger partial charge in [0.25, 0.3) is 5.91 Å². The minimum Gasteiger partial charge on any atom is -0.481 e. The van der Waals surface area contributed by atoms with E-state index < -0.39 is 6.10 Å². The maximum Gasteiger partial charge on any atom is 0.266 e. The Morgan fingerprint density at radius 3 is 2.65 bits per heavy atom. The minimum atomic E-state index is -0.563. The summed E-state index contributed by atoms with van der Waals surface area (Å²) in [6, 6.07) is 7.78. The summed E-state index contributed by atoms with van der Waals surface area (Å²) >= 11 is 1.45. The number of hydrogen-bond donors (Lipinski definition) is 1.